The van der Waals surface area contributed by atoms with Crippen LogP contribution in [0.5, 0.6) is 0 Å². The fraction of sp³-hybridized carbons (Fsp3) is 0.625. The predicted molar refractivity (Wildman–Crippen MR) is 90.2 cm³/mol. The number of morpholine rings is 1. The summed E-state index contributed by atoms with van der Waals surface area (Å²) in [5, 5.41) is 11.1. The van der Waals surface area contributed by atoms with Crippen LogP contribution in [0.4, 0.5) is 11.4 Å². The molecule has 2 fully saturated rings. The lowest BCUT2D eigenvalue weighted by atomic mass is 9.83. The van der Waals surface area contributed by atoms with Crippen molar-refractivity contribution in [2.45, 2.75) is 42.6 Å². The molecular formula is C16H22N2O5S. The maximum atomic E-state index is 11.9. The van der Waals surface area contributed by atoms with Gasteiger partial charge in [0.15, 0.2) is 9.84 Å². The van der Waals surface area contributed by atoms with Crippen molar-refractivity contribution in [3.8, 4) is 0 Å². The molecule has 132 valence electrons. The number of hydrogen-bond acceptors (Lipinski definition) is 6. The zero-order valence-electron chi connectivity index (χ0n) is 13.7. The van der Waals surface area contributed by atoms with Gasteiger partial charge < -0.3 is 9.64 Å². The molecule has 1 heterocycles. The molecule has 2 aliphatic rings. The van der Waals surface area contributed by atoms with Gasteiger partial charge in [-0.15, -0.1) is 0 Å². The summed E-state index contributed by atoms with van der Waals surface area (Å²) >= 11 is 0. The Balaban J connectivity index is 1.93. The number of sulfone groups is 1. The molecule has 1 aliphatic carbocycles. The highest BCUT2D eigenvalue weighted by atomic mass is 32.2. The second kappa shape index (κ2) is 6.33. The molecule has 0 N–H and O–H groups in total. The van der Waals surface area contributed by atoms with Gasteiger partial charge in [-0.2, -0.15) is 0 Å². The second-order valence-electron chi connectivity index (χ2n) is 6.69. The number of hydrogen-bond donors (Lipinski definition) is 0. The van der Waals surface area contributed by atoms with Crippen molar-refractivity contribution in [3.63, 3.8) is 0 Å². The molecule has 24 heavy (non-hydrogen) atoms. The van der Waals surface area contributed by atoms with Crippen molar-refractivity contribution in [1.29, 1.82) is 0 Å². The SMILES string of the molecule is CS(=O)(=O)c1cc(N2CCOC3(CCCCC3)C2)ccc1[N+](=O)[O-]. The Kier molecular flexibility index (Phi) is 4.52. The molecule has 0 unspecified atom stereocenters. The molecule has 3 rings (SSSR count). The van der Waals surface area contributed by atoms with Crippen molar-refractivity contribution in [3.05, 3.63) is 28.3 Å². The number of rotatable bonds is 3. The second-order valence-corrected chi connectivity index (χ2v) is 8.68. The van der Waals surface area contributed by atoms with E-state index in [4.69, 9.17) is 4.74 Å². The van der Waals surface area contributed by atoms with E-state index in [9.17, 15) is 18.5 Å². The Morgan fingerprint density at radius 3 is 2.58 bits per heavy atom. The highest BCUT2D eigenvalue weighted by molar-refractivity contribution is 7.90. The van der Waals surface area contributed by atoms with E-state index in [1.165, 1.54) is 18.6 Å². The summed E-state index contributed by atoms with van der Waals surface area (Å²) in [6.07, 6.45) is 6.53. The van der Waals surface area contributed by atoms with Crippen LogP contribution in [0.3, 0.4) is 0 Å². The van der Waals surface area contributed by atoms with E-state index in [-0.39, 0.29) is 16.2 Å². The molecule has 1 aromatic rings. The van der Waals surface area contributed by atoms with Crippen molar-refractivity contribution >= 4 is 21.2 Å². The zero-order valence-corrected chi connectivity index (χ0v) is 14.5. The van der Waals surface area contributed by atoms with Crippen LogP contribution in [0.25, 0.3) is 0 Å². The van der Waals surface area contributed by atoms with Gasteiger partial charge in [0.25, 0.3) is 5.69 Å². The largest absolute Gasteiger partial charge is 0.371 e. The minimum Gasteiger partial charge on any atom is -0.371 e. The van der Waals surface area contributed by atoms with E-state index >= 15 is 0 Å². The van der Waals surface area contributed by atoms with Crippen LogP contribution in [0.1, 0.15) is 32.1 Å². The summed E-state index contributed by atoms with van der Waals surface area (Å²) < 4.78 is 29.9. The van der Waals surface area contributed by atoms with Gasteiger partial charge >= 0.3 is 0 Å². The Morgan fingerprint density at radius 1 is 1.25 bits per heavy atom. The molecule has 1 aromatic carbocycles. The van der Waals surface area contributed by atoms with Crippen LogP contribution in [0.15, 0.2) is 23.1 Å². The minimum absolute atomic E-state index is 0.163. The molecular weight excluding hydrogens is 332 g/mol. The third kappa shape index (κ3) is 3.39. The van der Waals surface area contributed by atoms with Crippen molar-refractivity contribution < 1.29 is 18.1 Å². The normalized spacial score (nSPS) is 21.0. The summed E-state index contributed by atoms with van der Waals surface area (Å²) in [5.74, 6) is 0. The van der Waals surface area contributed by atoms with Crippen LogP contribution in [-0.4, -0.2) is 44.9 Å². The Morgan fingerprint density at radius 2 is 1.96 bits per heavy atom. The van der Waals surface area contributed by atoms with Gasteiger partial charge in [0, 0.05) is 31.1 Å². The van der Waals surface area contributed by atoms with E-state index in [2.05, 4.69) is 4.90 Å². The number of benzene rings is 1. The lowest BCUT2D eigenvalue weighted by molar-refractivity contribution is -0.387. The highest BCUT2D eigenvalue weighted by Gasteiger charge is 2.38. The van der Waals surface area contributed by atoms with E-state index in [1.54, 1.807) is 6.07 Å². The summed E-state index contributed by atoms with van der Waals surface area (Å²) in [7, 11) is -3.67. The van der Waals surface area contributed by atoms with Gasteiger partial charge in [-0.1, -0.05) is 19.3 Å². The van der Waals surface area contributed by atoms with Crippen LogP contribution in [0.2, 0.25) is 0 Å². The molecule has 7 nitrogen and oxygen atoms in total. The number of nitrogens with zero attached hydrogens (tertiary/aromatic N) is 2. The van der Waals surface area contributed by atoms with Gasteiger partial charge in [0.1, 0.15) is 4.90 Å². The van der Waals surface area contributed by atoms with Gasteiger partial charge in [-0.3, -0.25) is 10.1 Å². The van der Waals surface area contributed by atoms with E-state index in [1.807, 2.05) is 0 Å². The molecule has 1 aliphatic heterocycles. The standard InChI is InChI=1S/C16H22N2O5S/c1-24(21,22)15-11-13(5-6-14(15)18(19)20)17-9-10-23-16(12-17)7-3-2-4-8-16/h5-6,11H,2-4,7-10,12H2,1H3. The quantitative estimate of drug-likeness (QED) is 0.612. The highest BCUT2D eigenvalue weighted by Crippen LogP contribution is 2.37. The fourth-order valence-corrected chi connectivity index (χ4v) is 4.57. The third-order valence-electron chi connectivity index (χ3n) is 4.92. The summed E-state index contributed by atoms with van der Waals surface area (Å²) in [6, 6.07) is 4.35. The van der Waals surface area contributed by atoms with Gasteiger partial charge in [-0.05, 0) is 25.0 Å². The third-order valence-corrected chi connectivity index (χ3v) is 6.04. The van der Waals surface area contributed by atoms with Crippen molar-refractivity contribution in [1.82, 2.24) is 0 Å². The van der Waals surface area contributed by atoms with Gasteiger partial charge in [0.05, 0.1) is 17.1 Å². The van der Waals surface area contributed by atoms with E-state index < -0.39 is 14.8 Å². The first-order chi connectivity index (χ1) is 11.3. The average Bonchev–Trinajstić information content (AvgIpc) is 2.54. The number of ether oxygens (including phenoxy) is 1. The topological polar surface area (TPSA) is 89.8 Å². The average molecular weight is 354 g/mol. The Bertz CT molecular complexity index is 735. The van der Waals surface area contributed by atoms with E-state index in [0.717, 1.165) is 31.9 Å². The minimum atomic E-state index is -3.67. The van der Waals surface area contributed by atoms with Crippen LogP contribution < -0.4 is 4.90 Å². The molecule has 0 atom stereocenters. The van der Waals surface area contributed by atoms with Crippen LogP contribution in [0, 0.1) is 10.1 Å². The fourth-order valence-electron chi connectivity index (χ4n) is 3.71. The predicted octanol–water partition coefficient (Wildman–Crippen LogP) is 2.54. The monoisotopic (exact) mass is 354 g/mol. The lowest BCUT2D eigenvalue weighted by Gasteiger charge is -2.46. The first kappa shape index (κ1) is 17.2. The molecule has 0 bridgehead atoms. The first-order valence-corrected chi connectivity index (χ1v) is 10.1. The maximum absolute atomic E-state index is 11.9. The Hall–Kier alpha value is -1.67. The van der Waals surface area contributed by atoms with Crippen molar-refractivity contribution in [2.75, 3.05) is 30.9 Å². The zero-order chi connectivity index (χ0) is 17.4. The summed E-state index contributed by atoms with van der Waals surface area (Å²) in [4.78, 5) is 12.3. The summed E-state index contributed by atoms with van der Waals surface area (Å²) in [6.45, 7) is 1.95. The molecule has 1 saturated carbocycles. The van der Waals surface area contributed by atoms with Crippen LogP contribution in [-0.2, 0) is 14.6 Å². The van der Waals surface area contributed by atoms with Gasteiger partial charge in [0.2, 0.25) is 0 Å². The molecule has 0 aromatic heterocycles. The molecule has 1 saturated heterocycles. The smallest absolute Gasteiger partial charge is 0.288 e. The Labute approximate surface area is 141 Å². The number of nitro benzene ring substituents is 1. The number of anilines is 1. The van der Waals surface area contributed by atoms with Crippen LogP contribution >= 0.6 is 0 Å². The molecule has 0 radical (unpaired) electrons. The number of nitro groups is 1. The molecule has 8 heteroatoms. The first-order valence-electron chi connectivity index (χ1n) is 8.18. The van der Waals surface area contributed by atoms with Crippen molar-refractivity contribution in [2.24, 2.45) is 0 Å². The molecule has 0 amide bonds. The lowest BCUT2D eigenvalue weighted by Crippen LogP contribution is -2.52. The van der Waals surface area contributed by atoms with Gasteiger partial charge in [-0.25, -0.2) is 8.42 Å². The van der Waals surface area contributed by atoms with E-state index in [0.29, 0.717) is 25.4 Å². The molecule has 1 spiro atoms. The summed E-state index contributed by atoms with van der Waals surface area (Å²) in [5.41, 5.74) is 0.167. The maximum Gasteiger partial charge on any atom is 0.288 e.